The van der Waals surface area contributed by atoms with Crippen molar-refractivity contribution in [3.8, 4) is 0 Å². The number of rotatable bonds is 4. The fourth-order valence-electron chi connectivity index (χ4n) is 2.38. The monoisotopic (exact) mass is 221 g/mol. The Hall–Kier alpha value is -0.970. The molecule has 2 rings (SSSR count). The normalized spacial score (nSPS) is 26.9. The fraction of sp³-hybridized carbons (Fsp3) is 0.583. The van der Waals surface area contributed by atoms with Gasteiger partial charge in [-0.3, -0.25) is 16.3 Å². The molecule has 1 saturated heterocycles. The maximum absolute atomic E-state index is 5.64. The quantitative estimate of drug-likeness (QED) is 0.585. The number of hydrazine groups is 1. The first kappa shape index (κ1) is 11.5. The van der Waals surface area contributed by atoms with Crippen molar-refractivity contribution in [2.75, 3.05) is 6.61 Å². The van der Waals surface area contributed by atoms with Crippen LogP contribution in [0.25, 0.3) is 0 Å². The Morgan fingerprint density at radius 2 is 2.31 bits per heavy atom. The molecule has 0 spiro atoms. The van der Waals surface area contributed by atoms with Crippen molar-refractivity contribution in [3.05, 3.63) is 30.1 Å². The smallest absolute Gasteiger partial charge is 0.0591 e. The molecule has 0 radical (unpaired) electrons. The summed E-state index contributed by atoms with van der Waals surface area (Å²) in [6.07, 6.45) is 5.94. The minimum atomic E-state index is 0.278. The third-order valence-corrected chi connectivity index (χ3v) is 3.37. The summed E-state index contributed by atoms with van der Waals surface area (Å²) in [5.74, 6) is 6.14. The van der Waals surface area contributed by atoms with Crippen molar-refractivity contribution >= 4 is 0 Å². The first-order valence-corrected chi connectivity index (χ1v) is 5.78. The van der Waals surface area contributed by atoms with Gasteiger partial charge in [0.1, 0.15) is 0 Å². The molecule has 2 heterocycles. The van der Waals surface area contributed by atoms with E-state index in [1.54, 1.807) is 0 Å². The number of aromatic nitrogens is 1. The molecular formula is C12H19N3O. The number of nitrogens with zero attached hydrogens (tertiary/aromatic N) is 1. The number of ether oxygens (including phenoxy) is 1. The maximum Gasteiger partial charge on any atom is 0.0591 e. The van der Waals surface area contributed by atoms with Crippen LogP contribution in [0.4, 0.5) is 0 Å². The molecule has 1 aliphatic rings. The van der Waals surface area contributed by atoms with E-state index in [2.05, 4.69) is 17.3 Å². The third-order valence-electron chi connectivity index (χ3n) is 3.37. The summed E-state index contributed by atoms with van der Waals surface area (Å²) in [5.41, 5.74) is 4.18. The van der Waals surface area contributed by atoms with E-state index in [1.807, 2.05) is 24.5 Å². The second-order valence-electron chi connectivity index (χ2n) is 4.36. The molecule has 0 aromatic carbocycles. The van der Waals surface area contributed by atoms with Crippen LogP contribution in [-0.4, -0.2) is 23.7 Å². The molecule has 0 aliphatic carbocycles. The van der Waals surface area contributed by atoms with Crippen LogP contribution in [0.3, 0.4) is 0 Å². The molecule has 1 aromatic heterocycles. The van der Waals surface area contributed by atoms with Gasteiger partial charge in [-0.2, -0.15) is 0 Å². The minimum Gasteiger partial charge on any atom is -0.378 e. The van der Waals surface area contributed by atoms with Crippen LogP contribution in [0, 0.1) is 5.92 Å². The molecule has 3 unspecified atom stereocenters. The molecule has 1 aromatic rings. The topological polar surface area (TPSA) is 60.2 Å². The Balaban J connectivity index is 2.00. The van der Waals surface area contributed by atoms with E-state index >= 15 is 0 Å². The third kappa shape index (κ3) is 2.58. The van der Waals surface area contributed by atoms with Crippen molar-refractivity contribution in [1.82, 2.24) is 10.4 Å². The Kier molecular flexibility index (Phi) is 3.88. The largest absolute Gasteiger partial charge is 0.378 e. The van der Waals surface area contributed by atoms with Crippen LogP contribution in [0.1, 0.15) is 18.9 Å². The Labute approximate surface area is 96.2 Å². The maximum atomic E-state index is 5.64. The molecule has 0 bridgehead atoms. The zero-order chi connectivity index (χ0) is 11.4. The van der Waals surface area contributed by atoms with Crippen molar-refractivity contribution in [2.24, 2.45) is 11.8 Å². The van der Waals surface area contributed by atoms with Crippen molar-refractivity contribution in [2.45, 2.75) is 31.9 Å². The lowest BCUT2D eigenvalue weighted by Gasteiger charge is -2.25. The van der Waals surface area contributed by atoms with Crippen molar-refractivity contribution in [3.63, 3.8) is 0 Å². The molecule has 3 atom stereocenters. The Morgan fingerprint density at radius 3 is 2.88 bits per heavy atom. The van der Waals surface area contributed by atoms with Crippen molar-refractivity contribution in [1.29, 1.82) is 0 Å². The van der Waals surface area contributed by atoms with E-state index in [4.69, 9.17) is 10.6 Å². The van der Waals surface area contributed by atoms with Gasteiger partial charge >= 0.3 is 0 Å². The molecule has 0 amide bonds. The molecule has 3 N–H and O–H groups in total. The summed E-state index contributed by atoms with van der Waals surface area (Å²) in [6.45, 7) is 2.97. The first-order valence-electron chi connectivity index (χ1n) is 5.78. The molecule has 4 heteroatoms. The number of hydrogen-bond acceptors (Lipinski definition) is 4. The van der Waals surface area contributed by atoms with Crippen LogP contribution in [0.2, 0.25) is 0 Å². The Morgan fingerprint density at radius 1 is 1.56 bits per heavy atom. The van der Waals surface area contributed by atoms with Crippen LogP contribution in [-0.2, 0) is 11.2 Å². The highest BCUT2D eigenvalue weighted by Crippen LogP contribution is 2.25. The fourth-order valence-corrected chi connectivity index (χ4v) is 2.38. The van der Waals surface area contributed by atoms with E-state index in [0.717, 1.165) is 19.4 Å². The van der Waals surface area contributed by atoms with Gasteiger partial charge in [0.15, 0.2) is 0 Å². The van der Waals surface area contributed by atoms with Gasteiger partial charge in [0.2, 0.25) is 0 Å². The summed E-state index contributed by atoms with van der Waals surface area (Å²) in [5, 5.41) is 0. The highest BCUT2D eigenvalue weighted by atomic mass is 16.5. The first-order chi connectivity index (χ1) is 7.81. The standard InChI is InChI=1S/C12H19N3O/c1-9-11(4-7-16-9)12(15-13)8-10-2-5-14-6-3-10/h2-3,5-6,9,11-12,15H,4,7-8,13H2,1H3. The summed E-state index contributed by atoms with van der Waals surface area (Å²) in [6, 6.07) is 4.34. The summed E-state index contributed by atoms with van der Waals surface area (Å²) in [7, 11) is 0. The second-order valence-corrected chi connectivity index (χ2v) is 4.36. The predicted molar refractivity (Wildman–Crippen MR) is 62.6 cm³/mol. The van der Waals surface area contributed by atoms with Crippen LogP contribution < -0.4 is 11.3 Å². The number of hydrogen-bond donors (Lipinski definition) is 2. The predicted octanol–water partition coefficient (Wildman–Crippen LogP) is 0.881. The molecule has 0 saturated carbocycles. The van der Waals surface area contributed by atoms with Gasteiger partial charge in [-0.25, -0.2) is 0 Å². The number of pyridine rings is 1. The molecule has 16 heavy (non-hydrogen) atoms. The van der Waals surface area contributed by atoms with E-state index < -0.39 is 0 Å². The minimum absolute atomic E-state index is 0.278. The molecular weight excluding hydrogens is 202 g/mol. The van der Waals surface area contributed by atoms with Crippen LogP contribution in [0.5, 0.6) is 0 Å². The van der Waals surface area contributed by atoms with Crippen LogP contribution in [0.15, 0.2) is 24.5 Å². The number of nitrogens with one attached hydrogen (secondary N) is 1. The van der Waals surface area contributed by atoms with E-state index in [1.165, 1.54) is 5.56 Å². The van der Waals surface area contributed by atoms with Gasteiger partial charge in [0, 0.05) is 31.0 Å². The zero-order valence-electron chi connectivity index (χ0n) is 9.60. The van der Waals surface area contributed by atoms with E-state index in [9.17, 15) is 0 Å². The lowest BCUT2D eigenvalue weighted by molar-refractivity contribution is 0.0954. The molecule has 1 fully saturated rings. The average molecular weight is 221 g/mol. The summed E-state index contributed by atoms with van der Waals surface area (Å²) < 4.78 is 5.58. The van der Waals surface area contributed by atoms with Gasteiger partial charge in [-0.15, -0.1) is 0 Å². The van der Waals surface area contributed by atoms with Crippen molar-refractivity contribution < 1.29 is 4.74 Å². The van der Waals surface area contributed by atoms with Gasteiger partial charge in [-0.1, -0.05) is 0 Å². The molecule has 88 valence electrons. The summed E-state index contributed by atoms with van der Waals surface area (Å²) >= 11 is 0. The van der Waals surface area contributed by atoms with E-state index in [0.29, 0.717) is 12.0 Å². The lowest BCUT2D eigenvalue weighted by atomic mass is 9.89. The van der Waals surface area contributed by atoms with Gasteiger partial charge in [0.05, 0.1) is 6.10 Å². The second kappa shape index (κ2) is 5.39. The van der Waals surface area contributed by atoms with Gasteiger partial charge in [-0.05, 0) is 37.5 Å². The van der Waals surface area contributed by atoms with E-state index in [-0.39, 0.29) is 6.04 Å². The lowest BCUT2D eigenvalue weighted by Crippen LogP contribution is -2.44. The SMILES string of the molecule is CC1OCCC1C(Cc1ccncc1)NN. The summed E-state index contributed by atoms with van der Waals surface area (Å²) in [4.78, 5) is 4.01. The average Bonchev–Trinajstić information content (AvgIpc) is 2.74. The molecule has 4 nitrogen and oxygen atoms in total. The number of nitrogens with two attached hydrogens (primary N) is 1. The van der Waals surface area contributed by atoms with Gasteiger partial charge < -0.3 is 4.74 Å². The van der Waals surface area contributed by atoms with Gasteiger partial charge in [0.25, 0.3) is 0 Å². The van der Waals surface area contributed by atoms with Crippen LogP contribution >= 0.6 is 0 Å². The molecule has 1 aliphatic heterocycles. The zero-order valence-corrected chi connectivity index (χ0v) is 9.60. The highest BCUT2D eigenvalue weighted by Gasteiger charge is 2.31. The highest BCUT2D eigenvalue weighted by molar-refractivity contribution is 5.12. The Bertz CT molecular complexity index is 317.